The van der Waals surface area contributed by atoms with Gasteiger partial charge in [-0.2, -0.15) is 0 Å². The van der Waals surface area contributed by atoms with Crippen LogP contribution in [0, 0.1) is 5.92 Å². The van der Waals surface area contributed by atoms with E-state index in [1.54, 1.807) is 18.2 Å². The monoisotopic (exact) mass is 293 g/mol. The van der Waals surface area contributed by atoms with Crippen molar-refractivity contribution in [2.75, 3.05) is 12.8 Å². The first-order valence-electron chi connectivity index (χ1n) is 6.81. The van der Waals surface area contributed by atoms with Gasteiger partial charge >= 0.3 is 0 Å². The van der Waals surface area contributed by atoms with Gasteiger partial charge in [-0.3, -0.25) is 0 Å². The lowest BCUT2D eigenvalue weighted by Crippen LogP contribution is -2.36. The van der Waals surface area contributed by atoms with Crippen LogP contribution in [0.3, 0.4) is 0 Å². The molecule has 0 fully saturated rings. The molecule has 0 spiro atoms. The van der Waals surface area contributed by atoms with Gasteiger partial charge in [0.05, 0.1) is 22.0 Å². The van der Waals surface area contributed by atoms with Crippen molar-refractivity contribution < 1.29 is 8.42 Å². The Bertz CT molecular complexity index is 762. The number of hydrogen-bond acceptors (Lipinski definition) is 4. The fourth-order valence-corrected chi connectivity index (χ4v) is 3.42. The van der Waals surface area contributed by atoms with Gasteiger partial charge in [0.25, 0.3) is 0 Å². The van der Waals surface area contributed by atoms with Gasteiger partial charge in [-0.05, 0) is 24.1 Å². The molecule has 1 atom stereocenters. The average molecular weight is 293 g/mol. The van der Waals surface area contributed by atoms with Gasteiger partial charge in [0, 0.05) is 19.3 Å². The normalized spacial score (nSPS) is 19.5. The minimum atomic E-state index is -3.19. The summed E-state index contributed by atoms with van der Waals surface area (Å²) in [6.07, 6.45) is 1.24. The smallest absolute Gasteiger partial charge is 0.175 e. The second-order valence-electron chi connectivity index (χ2n) is 5.72. The highest BCUT2D eigenvalue weighted by molar-refractivity contribution is 7.90. The summed E-state index contributed by atoms with van der Waals surface area (Å²) >= 11 is 0. The van der Waals surface area contributed by atoms with Crippen LogP contribution in [-0.2, 0) is 16.4 Å². The largest absolute Gasteiger partial charge is 0.325 e. The summed E-state index contributed by atoms with van der Waals surface area (Å²) in [7, 11) is -3.19. The summed E-state index contributed by atoms with van der Waals surface area (Å²) in [6.45, 7) is 6.02. The molecule has 1 aliphatic rings. The number of nitrogens with one attached hydrogen (secondary N) is 1. The van der Waals surface area contributed by atoms with Crippen LogP contribution < -0.4 is 5.32 Å². The minimum Gasteiger partial charge on any atom is -0.325 e. The quantitative estimate of drug-likeness (QED) is 0.916. The van der Waals surface area contributed by atoms with Gasteiger partial charge < -0.3 is 9.88 Å². The molecule has 1 N–H and O–H groups in total. The molecular weight excluding hydrogens is 274 g/mol. The Morgan fingerprint density at radius 2 is 2.15 bits per heavy atom. The Balaban J connectivity index is 2.22. The van der Waals surface area contributed by atoms with E-state index in [2.05, 4.69) is 28.7 Å². The third-order valence-electron chi connectivity index (χ3n) is 3.82. The first-order chi connectivity index (χ1) is 9.38. The average Bonchev–Trinajstić information content (AvgIpc) is 2.74. The van der Waals surface area contributed by atoms with Crippen LogP contribution in [0.25, 0.3) is 11.0 Å². The Kier molecular flexibility index (Phi) is 3.10. The van der Waals surface area contributed by atoms with Gasteiger partial charge in [-0.1, -0.05) is 13.8 Å². The van der Waals surface area contributed by atoms with E-state index < -0.39 is 9.84 Å². The SMILES string of the molecule is CC(C)[C@H]1NCCn2c1nc1ccc(S(C)(=O)=O)cc12. The number of rotatable bonds is 2. The fourth-order valence-electron chi connectivity index (χ4n) is 2.78. The predicted octanol–water partition coefficient (Wildman–Crippen LogP) is 1.74. The fraction of sp³-hybridized carbons (Fsp3) is 0.500. The van der Waals surface area contributed by atoms with Gasteiger partial charge in [-0.25, -0.2) is 13.4 Å². The van der Waals surface area contributed by atoms with Crippen molar-refractivity contribution in [2.45, 2.75) is 31.3 Å². The molecule has 1 aromatic heterocycles. The number of benzene rings is 1. The molecule has 108 valence electrons. The van der Waals surface area contributed by atoms with E-state index in [0.717, 1.165) is 29.9 Å². The Hall–Kier alpha value is -1.40. The standard InChI is InChI=1S/C14H19N3O2S/c1-9(2)13-14-16-11-5-4-10(20(3,18)19)8-12(11)17(14)7-6-15-13/h4-5,8-9,13,15H,6-7H2,1-3H3/t13-/m1/s1. The van der Waals surface area contributed by atoms with Gasteiger partial charge in [0.2, 0.25) is 0 Å². The van der Waals surface area contributed by atoms with E-state index in [1.165, 1.54) is 6.26 Å². The molecule has 2 heterocycles. The van der Waals surface area contributed by atoms with Crippen LogP contribution in [-0.4, -0.2) is 30.8 Å². The first kappa shape index (κ1) is 13.6. The Labute approximate surface area is 118 Å². The van der Waals surface area contributed by atoms with Crippen molar-refractivity contribution in [3.05, 3.63) is 24.0 Å². The summed E-state index contributed by atoms with van der Waals surface area (Å²) in [5, 5.41) is 3.48. The molecule has 0 saturated carbocycles. The number of imidazole rings is 1. The summed E-state index contributed by atoms with van der Waals surface area (Å²) in [5.74, 6) is 1.45. The van der Waals surface area contributed by atoms with E-state index >= 15 is 0 Å². The van der Waals surface area contributed by atoms with E-state index in [9.17, 15) is 8.42 Å². The maximum atomic E-state index is 11.7. The Morgan fingerprint density at radius 3 is 2.80 bits per heavy atom. The Morgan fingerprint density at radius 1 is 1.40 bits per heavy atom. The second kappa shape index (κ2) is 4.56. The maximum Gasteiger partial charge on any atom is 0.175 e. The summed E-state index contributed by atoms with van der Waals surface area (Å²) in [5.41, 5.74) is 1.77. The summed E-state index contributed by atoms with van der Waals surface area (Å²) in [6, 6.07) is 5.39. The predicted molar refractivity (Wildman–Crippen MR) is 78.4 cm³/mol. The molecule has 0 unspecified atom stereocenters. The van der Waals surface area contributed by atoms with E-state index in [1.807, 2.05) is 0 Å². The first-order valence-corrected chi connectivity index (χ1v) is 8.70. The molecule has 1 aromatic carbocycles. The lowest BCUT2D eigenvalue weighted by Gasteiger charge is -2.28. The third-order valence-corrected chi connectivity index (χ3v) is 4.93. The van der Waals surface area contributed by atoms with Crippen LogP contribution in [0.15, 0.2) is 23.1 Å². The van der Waals surface area contributed by atoms with Crippen LogP contribution >= 0.6 is 0 Å². The molecular formula is C14H19N3O2S. The molecule has 0 saturated heterocycles. The van der Waals surface area contributed by atoms with Crippen molar-refractivity contribution in [2.24, 2.45) is 5.92 Å². The highest BCUT2D eigenvalue weighted by atomic mass is 32.2. The van der Waals surface area contributed by atoms with Crippen molar-refractivity contribution in [1.29, 1.82) is 0 Å². The molecule has 6 heteroatoms. The van der Waals surface area contributed by atoms with Crippen LogP contribution in [0.1, 0.15) is 25.7 Å². The molecule has 5 nitrogen and oxygen atoms in total. The molecule has 3 rings (SSSR count). The lowest BCUT2D eigenvalue weighted by atomic mass is 10.0. The summed E-state index contributed by atoms with van der Waals surface area (Å²) < 4.78 is 25.5. The zero-order chi connectivity index (χ0) is 14.5. The topological polar surface area (TPSA) is 64.0 Å². The van der Waals surface area contributed by atoms with Crippen LogP contribution in [0.5, 0.6) is 0 Å². The lowest BCUT2D eigenvalue weighted by molar-refractivity contribution is 0.342. The number of sulfone groups is 1. The van der Waals surface area contributed by atoms with Gasteiger partial charge in [0.1, 0.15) is 5.82 Å². The van der Waals surface area contributed by atoms with Crippen molar-refractivity contribution in [3.8, 4) is 0 Å². The number of nitrogens with zero attached hydrogens (tertiary/aromatic N) is 2. The van der Waals surface area contributed by atoms with Crippen molar-refractivity contribution >= 4 is 20.9 Å². The van der Waals surface area contributed by atoms with E-state index in [-0.39, 0.29) is 6.04 Å². The van der Waals surface area contributed by atoms with Crippen molar-refractivity contribution in [1.82, 2.24) is 14.9 Å². The van der Waals surface area contributed by atoms with Crippen LogP contribution in [0.2, 0.25) is 0 Å². The third kappa shape index (κ3) is 2.13. The molecule has 20 heavy (non-hydrogen) atoms. The number of fused-ring (bicyclic) bond motifs is 3. The van der Waals surface area contributed by atoms with Crippen LogP contribution in [0.4, 0.5) is 0 Å². The zero-order valence-electron chi connectivity index (χ0n) is 11.9. The van der Waals surface area contributed by atoms with Gasteiger partial charge in [-0.15, -0.1) is 0 Å². The highest BCUT2D eigenvalue weighted by Crippen LogP contribution is 2.29. The van der Waals surface area contributed by atoms with E-state index in [0.29, 0.717) is 10.8 Å². The number of hydrogen-bond donors (Lipinski definition) is 1. The maximum absolute atomic E-state index is 11.7. The minimum absolute atomic E-state index is 0.220. The van der Waals surface area contributed by atoms with Crippen molar-refractivity contribution in [3.63, 3.8) is 0 Å². The molecule has 0 amide bonds. The molecule has 2 aromatic rings. The second-order valence-corrected chi connectivity index (χ2v) is 7.74. The highest BCUT2D eigenvalue weighted by Gasteiger charge is 2.26. The molecule has 0 bridgehead atoms. The molecule has 0 radical (unpaired) electrons. The van der Waals surface area contributed by atoms with E-state index in [4.69, 9.17) is 0 Å². The molecule has 1 aliphatic heterocycles. The van der Waals surface area contributed by atoms with Gasteiger partial charge in [0.15, 0.2) is 9.84 Å². The zero-order valence-corrected chi connectivity index (χ0v) is 12.7. The number of aromatic nitrogens is 2. The molecule has 0 aliphatic carbocycles. The summed E-state index contributed by atoms with van der Waals surface area (Å²) in [4.78, 5) is 5.04.